The van der Waals surface area contributed by atoms with Crippen molar-refractivity contribution >= 4 is 22.6 Å². The van der Waals surface area contributed by atoms with Crippen LogP contribution in [0.25, 0.3) is 0 Å². The molecule has 0 aliphatic carbocycles. The van der Waals surface area contributed by atoms with Gasteiger partial charge in [-0.2, -0.15) is 0 Å². The van der Waals surface area contributed by atoms with E-state index in [1.807, 2.05) is 0 Å². The Morgan fingerprint density at radius 1 is 1.09 bits per heavy atom. The van der Waals surface area contributed by atoms with Crippen LogP contribution in [0.3, 0.4) is 0 Å². The van der Waals surface area contributed by atoms with Gasteiger partial charge in [0.15, 0.2) is 0 Å². The second-order valence-corrected chi connectivity index (χ2v) is 2.31. The molecule has 0 unspecified atom stereocenters. The van der Waals surface area contributed by atoms with Crippen LogP contribution in [-0.4, -0.2) is 11.0 Å². The molecule has 1 aromatic rings. The predicted molar refractivity (Wildman–Crippen MR) is 41.6 cm³/mol. The van der Waals surface area contributed by atoms with Crippen molar-refractivity contribution in [1.29, 1.82) is 0 Å². The molecule has 0 aromatic heterocycles. The molecular formula is C8H5ClO2. The van der Waals surface area contributed by atoms with Crippen LogP contribution in [0.5, 0.6) is 0 Å². The van der Waals surface area contributed by atoms with Gasteiger partial charge in [0.1, 0.15) is 0 Å². The van der Waals surface area contributed by atoms with Gasteiger partial charge >= 0.3 is 0 Å². The van der Waals surface area contributed by atoms with Crippen molar-refractivity contribution in [3.05, 3.63) is 35.9 Å². The van der Waals surface area contributed by atoms with Crippen molar-refractivity contribution < 1.29 is 9.59 Å². The van der Waals surface area contributed by atoms with Crippen LogP contribution < -0.4 is 0 Å². The van der Waals surface area contributed by atoms with Crippen molar-refractivity contribution in [3.8, 4) is 0 Å². The third-order valence-corrected chi connectivity index (χ3v) is 1.39. The van der Waals surface area contributed by atoms with Gasteiger partial charge in [0.25, 0.3) is 5.24 Å². The Morgan fingerprint density at radius 3 is 2.09 bits per heavy atom. The number of ketones is 1. The summed E-state index contributed by atoms with van der Waals surface area (Å²) in [6, 6.07) is 8.20. The number of carbonyl (C=O) groups excluding carboxylic acids is 2. The molecule has 0 heterocycles. The highest BCUT2D eigenvalue weighted by atomic mass is 35.5. The minimum Gasteiger partial charge on any atom is -0.284 e. The van der Waals surface area contributed by atoms with Gasteiger partial charge < -0.3 is 0 Å². The summed E-state index contributed by atoms with van der Waals surface area (Å²) in [7, 11) is 0. The quantitative estimate of drug-likeness (QED) is 0.292. The van der Waals surface area contributed by atoms with Gasteiger partial charge in [0, 0.05) is 5.56 Å². The maximum absolute atomic E-state index is 10.9. The summed E-state index contributed by atoms with van der Waals surface area (Å²) >= 11 is 4.97. The van der Waals surface area contributed by atoms with Crippen molar-refractivity contribution in [3.63, 3.8) is 0 Å². The molecule has 2 nitrogen and oxygen atoms in total. The molecule has 0 spiro atoms. The highest BCUT2D eigenvalue weighted by molar-refractivity contribution is 6.83. The fourth-order valence-electron chi connectivity index (χ4n) is 0.703. The Bertz CT molecular complexity index is 279. The molecule has 0 radical (unpaired) electrons. The third kappa shape index (κ3) is 1.88. The zero-order valence-electron chi connectivity index (χ0n) is 5.58. The lowest BCUT2D eigenvalue weighted by atomic mass is 10.2. The Labute approximate surface area is 68.8 Å². The maximum Gasteiger partial charge on any atom is 0.293 e. The SMILES string of the molecule is O=C(c1ccccc1)[13C](=O)Cl. The lowest BCUT2D eigenvalue weighted by molar-refractivity contribution is -0.108. The van der Waals surface area contributed by atoms with Crippen molar-refractivity contribution in [2.45, 2.75) is 0 Å². The minimum atomic E-state index is -0.948. The van der Waals surface area contributed by atoms with Gasteiger partial charge in [-0.25, -0.2) is 0 Å². The normalized spacial score (nSPS) is 9.18. The molecule has 0 amide bonds. The predicted octanol–water partition coefficient (Wildman–Crippen LogP) is 1.63. The highest BCUT2D eigenvalue weighted by Gasteiger charge is 2.11. The molecule has 3 heteroatoms. The van der Waals surface area contributed by atoms with Gasteiger partial charge in [-0.1, -0.05) is 30.3 Å². The van der Waals surface area contributed by atoms with Crippen molar-refractivity contribution in [2.75, 3.05) is 0 Å². The first-order valence-corrected chi connectivity index (χ1v) is 3.39. The van der Waals surface area contributed by atoms with E-state index in [4.69, 9.17) is 11.6 Å². The number of hydrogen-bond donors (Lipinski definition) is 0. The van der Waals surface area contributed by atoms with E-state index in [9.17, 15) is 9.59 Å². The summed E-state index contributed by atoms with van der Waals surface area (Å²) in [4.78, 5) is 21.2. The first kappa shape index (κ1) is 7.95. The summed E-state index contributed by atoms with van der Waals surface area (Å²) < 4.78 is 0. The second kappa shape index (κ2) is 3.30. The van der Waals surface area contributed by atoms with E-state index in [2.05, 4.69) is 0 Å². The highest BCUT2D eigenvalue weighted by Crippen LogP contribution is 2.01. The van der Waals surface area contributed by atoms with E-state index in [1.165, 1.54) is 0 Å². The molecule has 0 aliphatic rings. The zero-order valence-corrected chi connectivity index (χ0v) is 6.34. The van der Waals surface area contributed by atoms with Crippen LogP contribution in [0.15, 0.2) is 30.3 Å². The lowest BCUT2D eigenvalue weighted by Crippen LogP contribution is -2.06. The van der Waals surface area contributed by atoms with Gasteiger partial charge in [-0.15, -0.1) is 0 Å². The Morgan fingerprint density at radius 2 is 1.64 bits per heavy atom. The largest absolute Gasteiger partial charge is 0.293 e. The van der Waals surface area contributed by atoms with Crippen LogP contribution in [0, 0.1) is 0 Å². The smallest absolute Gasteiger partial charge is 0.284 e. The van der Waals surface area contributed by atoms with Gasteiger partial charge in [-0.3, -0.25) is 9.59 Å². The maximum atomic E-state index is 10.9. The van der Waals surface area contributed by atoms with Crippen molar-refractivity contribution in [2.24, 2.45) is 0 Å². The average molecular weight is 170 g/mol. The van der Waals surface area contributed by atoms with Crippen LogP contribution in [0.4, 0.5) is 0 Å². The third-order valence-electron chi connectivity index (χ3n) is 1.21. The topological polar surface area (TPSA) is 34.1 Å². The number of hydrogen-bond acceptors (Lipinski definition) is 2. The Kier molecular flexibility index (Phi) is 2.39. The summed E-state index contributed by atoms with van der Waals surface area (Å²) in [5.41, 5.74) is 0.326. The van der Waals surface area contributed by atoms with Gasteiger partial charge in [-0.05, 0) is 11.6 Å². The van der Waals surface area contributed by atoms with E-state index in [0.29, 0.717) is 5.56 Å². The Hall–Kier alpha value is -1.15. The molecule has 0 atom stereocenters. The molecule has 0 aliphatic heterocycles. The molecule has 0 N–H and O–H groups in total. The lowest BCUT2D eigenvalue weighted by Gasteiger charge is -1.91. The van der Waals surface area contributed by atoms with Crippen LogP contribution >= 0.6 is 11.6 Å². The summed E-state index contributed by atoms with van der Waals surface area (Å²) in [6.45, 7) is 0. The number of halogens is 1. The summed E-state index contributed by atoms with van der Waals surface area (Å²) in [5, 5.41) is -0.948. The van der Waals surface area contributed by atoms with Crippen LogP contribution in [0.2, 0.25) is 0 Å². The van der Waals surface area contributed by atoms with E-state index in [1.54, 1.807) is 30.3 Å². The number of Topliss-reactive ketones (excluding diaryl/α,β-unsaturated/α-hetero) is 1. The number of benzene rings is 1. The van der Waals surface area contributed by atoms with E-state index in [-0.39, 0.29) is 0 Å². The molecule has 11 heavy (non-hydrogen) atoms. The molecule has 0 saturated heterocycles. The average Bonchev–Trinajstić information content (AvgIpc) is 2.05. The zero-order chi connectivity index (χ0) is 8.27. The van der Waals surface area contributed by atoms with E-state index in [0.717, 1.165) is 0 Å². The molecule has 0 fully saturated rings. The van der Waals surface area contributed by atoms with Crippen LogP contribution in [-0.2, 0) is 4.79 Å². The van der Waals surface area contributed by atoms with Gasteiger partial charge in [0.05, 0.1) is 0 Å². The number of rotatable bonds is 2. The molecule has 56 valence electrons. The Balaban J connectivity index is 2.95. The monoisotopic (exact) mass is 169 g/mol. The summed E-state index contributed by atoms with van der Waals surface area (Å²) in [5.74, 6) is -0.660. The number of carbonyl (C=O) groups is 2. The molecule has 0 saturated carbocycles. The van der Waals surface area contributed by atoms with Crippen molar-refractivity contribution in [1.82, 2.24) is 0 Å². The van der Waals surface area contributed by atoms with Crippen LogP contribution in [0.1, 0.15) is 10.4 Å². The second-order valence-electron chi connectivity index (χ2n) is 1.97. The fraction of sp³-hybridized carbons (Fsp3) is 0. The molecule has 0 bridgehead atoms. The summed E-state index contributed by atoms with van der Waals surface area (Å²) in [6.07, 6.45) is 0. The minimum absolute atomic E-state index is 0.326. The standard InChI is InChI=1S/C8H5ClO2/c9-8(11)7(10)6-4-2-1-3-5-6/h1-5H/i8+1. The van der Waals surface area contributed by atoms with E-state index >= 15 is 0 Å². The fourth-order valence-corrected chi connectivity index (χ4v) is 0.812. The van der Waals surface area contributed by atoms with Gasteiger partial charge in [0.2, 0.25) is 5.78 Å². The van der Waals surface area contributed by atoms with E-state index < -0.39 is 11.0 Å². The first-order valence-electron chi connectivity index (χ1n) is 3.01. The first-order chi connectivity index (χ1) is 5.22. The molecule has 1 aromatic carbocycles. The molecular weight excluding hydrogens is 165 g/mol. The molecule has 1 rings (SSSR count).